The highest BCUT2D eigenvalue weighted by atomic mass is 35.5. The Morgan fingerprint density at radius 2 is 1.97 bits per heavy atom. The Balaban J connectivity index is 1.34. The molecule has 1 aliphatic heterocycles. The van der Waals surface area contributed by atoms with Gasteiger partial charge in [-0.3, -0.25) is 9.69 Å². The molecule has 0 unspecified atom stereocenters. The second-order valence-corrected chi connectivity index (χ2v) is 8.16. The van der Waals surface area contributed by atoms with E-state index in [9.17, 15) is 4.79 Å². The van der Waals surface area contributed by atoms with Crippen molar-refractivity contribution >= 4 is 23.2 Å². The van der Waals surface area contributed by atoms with E-state index in [1.54, 1.807) is 30.6 Å². The van der Waals surface area contributed by atoms with E-state index in [1.165, 1.54) is 6.33 Å². The van der Waals surface area contributed by atoms with Gasteiger partial charge in [-0.15, -0.1) is 0 Å². The molecule has 0 bridgehead atoms. The summed E-state index contributed by atoms with van der Waals surface area (Å²) in [4.78, 5) is 30.3. The summed E-state index contributed by atoms with van der Waals surface area (Å²) in [6.45, 7) is 1.84. The highest BCUT2D eigenvalue weighted by Crippen LogP contribution is 2.32. The van der Waals surface area contributed by atoms with Crippen LogP contribution in [0.2, 0.25) is 10.0 Å². The van der Waals surface area contributed by atoms with Gasteiger partial charge in [0.05, 0.1) is 28.4 Å². The number of rotatable bonds is 4. The molecule has 0 spiro atoms. The minimum absolute atomic E-state index is 0.139. The van der Waals surface area contributed by atoms with E-state index in [1.807, 2.05) is 12.1 Å². The molecule has 4 heterocycles. The predicted molar refractivity (Wildman–Crippen MR) is 118 cm³/mol. The van der Waals surface area contributed by atoms with Gasteiger partial charge < -0.3 is 9.40 Å². The first-order valence-corrected chi connectivity index (χ1v) is 10.5. The van der Waals surface area contributed by atoms with Crippen LogP contribution in [0, 0.1) is 0 Å². The molecule has 1 aromatic carbocycles. The zero-order chi connectivity index (χ0) is 21.4. The molecule has 3 aromatic heterocycles. The molecule has 4 aromatic rings. The summed E-state index contributed by atoms with van der Waals surface area (Å²) < 4.78 is 6.00. The molecule has 0 aliphatic carbocycles. The van der Waals surface area contributed by atoms with Gasteiger partial charge in [0.25, 0.3) is 5.56 Å². The zero-order valence-electron chi connectivity index (χ0n) is 16.3. The molecule has 1 N–H and O–H groups in total. The van der Waals surface area contributed by atoms with Crippen LogP contribution in [0.4, 0.5) is 0 Å². The second kappa shape index (κ2) is 8.26. The van der Waals surface area contributed by atoms with Crippen LogP contribution in [-0.4, -0.2) is 31.4 Å². The molecule has 31 heavy (non-hydrogen) atoms. The number of hydrogen-bond acceptors (Lipinski definition) is 6. The number of hydrogen-bond donors (Lipinski definition) is 1. The van der Waals surface area contributed by atoms with Crippen molar-refractivity contribution < 1.29 is 4.42 Å². The Morgan fingerprint density at radius 1 is 1.13 bits per heavy atom. The van der Waals surface area contributed by atoms with Gasteiger partial charge in [0, 0.05) is 42.5 Å². The van der Waals surface area contributed by atoms with Crippen LogP contribution >= 0.6 is 23.2 Å². The van der Waals surface area contributed by atoms with Gasteiger partial charge in [-0.1, -0.05) is 23.2 Å². The highest BCUT2D eigenvalue weighted by molar-refractivity contribution is 6.35. The molecule has 156 valence electrons. The summed E-state index contributed by atoms with van der Waals surface area (Å²) in [5.41, 5.74) is 2.79. The van der Waals surface area contributed by atoms with Gasteiger partial charge in [0.15, 0.2) is 0 Å². The second-order valence-electron chi connectivity index (χ2n) is 7.32. The lowest BCUT2D eigenvalue weighted by molar-refractivity contribution is 0.223. The Kier molecular flexibility index (Phi) is 5.31. The largest absolute Gasteiger partial charge is 0.460 e. The smallest absolute Gasteiger partial charge is 0.255 e. The van der Waals surface area contributed by atoms with Gasteiger partial charge in [-0.2, -0.15) is 0 Å². The van der Waals surface area contributed by atoms with Crippen LogP contribution in [-0.2, 0) is 19.5 Å². The number of furan rings is 1. The van der Waals surface area contributed by atoms with E-state index >= 15 is 0 Å². The zero-order valence-corrected chi connectivity index (χ0v) is 17.8. The monoisotopic (exact) mass is 453 g/mol. The fraction of sp³-hybridized carbons (Fsp3) is 0.182. The number of nitrogens with zero attached hydrogens (tertiary/aromatic N) is 4. The molecule has 0 radical (unpaired) electrons. The Morgan fingerprint density at radius 3 is 2.81 bits per heavy atom. The van der Waals surface area contributed by atoms with E-state index in [0.29, 0.717) is 52.3 Å². The summed E-state index contributed by atoms with van der Waals surface area (Å²) in [6.07, 6.45) is 5.38. The van der Waals surface area contributed by atoms with Crippen LogP contribution in [0.3, 0.4) is 0 Å². The molecular formula is C22H17Cl2N5O2. The third kappa shape index (κ3) is 4.12. The van der Waals surface area contributed by atoms with Crippen LogP contribution in [0.1, 0.15) is 17.0 Å². The van der Waals surface area contributed by atoms with E-state index in [-0.39, 0.29) is 5.56 Å². The van der Waals surface area contributed by atoms with Gasteiger partial charge >= 0.3 is 0 Å². The summed E-state index contributed by atoms with van der Waals surface area (Å²) in [7, 11) is 0. The van der Waals surface area contributed by atoms with E-state index in [4.69, 9.17) is 27.6 Å². The number of benzene rings is 1. The summed E-state index contributed by atoms with van der Waals surface area (Å²) >= 11 is 12.4. The molecular weight excluding hydrogens is 437 g/mol. The summed E-state index contributed by atoms with van der Waals surface area (Å²) in [6, 6.07) is 9.07. The van der Waals surface area contributed by atoms with E-state index in [0.717, 1.165) is 23.6 Å². The first-order valence-electron chi connectivity index (χ1n) is 9.71. The van der Waals surface area contributed by atoms with E-state index < -0.39 is 0 Å². The predicted octanol–water partition coefficient (Wildman–Crippen LogP) is 4.35. The average molecular weight is 454 g/mol. The lowest BCUT2D eigenvalue weighted by atomic mass is 10.1. The van der Waals surface area contributed by atoms with Crippen molar-refractivity contribution in [2.75, 3.05) is 6.54 Å². The maximum absolute atomic E-state index is 12.7. The number of aromatic amines is 1. The maximum Gasteiger partial charge on any atom is 0.255 e. The summed E-state index contributed by atoms with van der Waals surface area (Å²) in [5.74, 6) is 1.94. The minimum atomic E-state index is -0.139. The third-order valence-corrected chi connectivity index (χ3v) is 5.78. The normalized spacial score (nSPS) is 13.9. The van der Waals surface area contributed by atoms with Gasteiger partial charge in [-0.25, -0.2) is 15.0 Å². The van der Waals surface area contributed by atoms with Crippen molar-refractivity contribution in [3.8, 4) is 22.7 Å². The molecule has 0 fully saturated rings. The van der Waals surface area contributed by atoms with Crippen molar-refractivity contribution in [3.63, 3.8) is 0 Å². The Bertz CT molecular complexity index is 1300. The first kappa shape index (κ1) is 19.9. The first-order chi connectivity index (χ1) is 15.1. The average Bonchev–Trinajstić information content (AvgIpc) is 3.24. The number of fused-ring (bicyclic) bond motifs is 1. The third-order valence-electron chi connectivity index (χ3n) is 5.22. The minimum Gasteiger partial charge on any atom is -0.460 e. The van der Waals surface area contributed by atoms with Crippen molar-refractivity contribution in [1.82, 2.24) is 24.8 Å². The van der Waals surface area contributed by atoms with Crippen molar-refractivity contribution in [1.29, 1.82) is 0 Å². The van der Waals surface area contributed by atoms with Crippen LogP contribution in [0.25, 0.3) is 22.7 Å². The van der Waals surface area contributed by atoms with Gasteiger partial charge in [0.1, 0.15) is 23.7 Å². The van der Waals surface area contributed by atoms with Crippen molar-refractivity contribution in [3.05, 3.63) is 86.5 Å². The molecule has 1 aliphatic rings. The fourth-order valence-electron chi connectivity index (χ4n) is 3.69. The van der Waals surface area contributed by atoms with Crippen molar-refractivity contribution in [2.45, 2.75) is 19.5 Å². The standard InChI is InChI=1S/C22H17Cl2N5O2/c23-14-1-3-18(24)16(7-14)20-4-2-15(31-20)10-29-6-5-19-17(11-29)22(30)28-21(27-19)13-8-25-12-26-9-13/h1-4,7-9,12H,5-6,10-11H2,(H,27,28,30). The van der Waals surface area contributed by atoms with Gasteiger partial charge in [-0.05, 0) is 30.3 Å². The van der Waals surface area contributed by atoms with Gasteiger partial charge in [0.2, 0.25) is 0 Å². The number of H-pyrrole nitrogens is 1. The van der Waals surface area contributed by atoms with Crippen molar-refractivity contribution in [2.24, 2.45) is 0 Å². The number of halogens is 2. The number of nitrogens with one attached hydrogen (secondary N) is 1. The molecule has 7 nitrogen and oxygen atoms in total. The van der Waals surface area contributed by atoms with Crippen LogP contribution in [0.15, 0.2) is 58.3 Å². The quantitative estimate of drug-likeness (QED) is 0.493. The molecule has 0 saturated carbocycles. The van der Waals surface area contributed by atoms with Crippen LogP contribution < -0.4 is 5.56 Å². The molecule has 5 rings (SSSR count). The lowest BCUT2D eigenvalue weighted by Crippen LogP contribution is -2.35. The molecule has 0 atom stereocenters. The number of aromatic nitrogens is 4. The molecule has 9 heteroatoms. The Labute approximate surface area is 187 Å². The summed E-state index contributed by atoms with van der Waals surface area (Å²) in [5, 5.41) is 1.17. The lowest BCUT2D eigenvalue weighted by Gasteiger charge is -2.26. The van der Waals surface area contributed by atoms with E-state index in [2.05, 4.69) is 24.8 Å². The SMILES string of the molecule is O=c1[nH]c(-c2cncnc2)nc2c1CN(Cc1ccc(-c3cc(Cl)ccc3Cl)o1)CC2. The maximum atomic E-state index is 12.7. The molecule has 0 amide bonds. The topological polar surface area (TPSA) is 87.9 Å². The Hall–Kier alpha value is -3.00. The van der Waals surface area contributed by atoms with Crippen LogP contribution in [0.5, 0.6) is 0 Å². The molecule has 0 saturated heterocycles. The fourth-order valence-corrected chi connectivity index (χ4v) is 4.07. The highest BCUT2D eigenvalue weighted by Gasteiger charge is 2.22.